The molecule has 0 radical (unpaired) electrons. The molecule has 1 fully saturated rings. The van der Waals surface area contributed by atoms with Gasteiger partial charge in [0.25, 0.3) is 0 Å². The maximum absolute atomic E-state index is 12.7. The quantitative estimate of drug-likeness (QED) is 0.750. The summed E-state index contributed by atoms with van der Waals surface area (Å²) >= 11 is 0. The van der Waals surface area contributed by atoms with E-state index in [1.54, 1.807) is 19.2 Å². The summed E-state index contributed by atoms with van der Waals surface area (Å²) < 4.78 is 70.5. The normalized spacial score (nSPS) is 18.8. The van der Waals surface area contributed by atoms with Gasteiger partial charge in [0.2, 0.25) is 15.9 Å². The van der Waals surface area contributed by atoms with Gasteiger partial charge in [-0.15, -0.1) is 0 Å². The first-order valence-electron chi connectivity index (χ1n) is 8.74. The van der Waals surface area contributed by atoms with Gasteiger partial charge in [-0.25, -0.2) is 13.4 Å². The number of halogens is 3. The molecule has 2 heterocycles. The summed E-state index contributed by atoms with van der Waals surface area (Å²) in [5.41, 5.74) is -0.498. The number of nitrogens with zero attached hydrogens (tertiary/aromatic N) is 3. The molecule has 1 aliphatic heterocycles. The molecule has 0 bridgehead atoms. The number of aryl methyl sites for hydroxylation is 1. The van der Waals surface area contributed by atoms with Crippen molar-refractivity contribution in [3.05, 3.63) is 53.5 Å². The largest absolute Gasteiger partial charge is 0.473 e. The van der Waals surface area contributed by atoms with Gasteiger partial charge in [0.15, 0.2) is 0 Å². The van der Waals surface area contributed by atoms with Crippen LogP contribution in [0.25, 0.3) is 0 Å². The van der Waals surface area contributed by atoms with Crippen molar-refractivity contribution < 1.29 is 26.3 Å². The highest BCUT2D eigenvalue weighted by molar-refractivity contribution is 7.88. The van der Waals surface area contributed by atoms with Crippen molar-refractivity contribution in [2.75, 3.05) is 13.1 Å². The fourth-order valence-electron chi connectivity index (χ4n) is 3.02. The lowest BCUT2D eigenvalue weighted by Gasteiger charge is -2.31. The molecule has 2 aromatic rings. The lowest BCUT2D eigenvalue weighted by molar-refractivity contribution is -0.137. The molecule has 152 valence electrons. The number of piperidine rings is 1. The molecule has 3 rings (SSSR count). The van der Waals surface area contributed by atoms with Crippen LogP contribution in [0.15, 0.2) is 36.5 Å². The first-order valence-corrected chi connectivity index (χ1v) is 10.3. The Bertz CT molecular complexity index is 918. The Morgan fingerprint density at radius 3 is 2.57 bits per heavy atom. The third-order valence-electron chi connectivity index (χ3n) is 4.40. The zero-order valence-electron chi connectivity index (χ0n) is 15.2. The van der Waals surface area contributed by atoms with E-state index >= 15 is 0 Å². The Labute approximate surface area is 161 Å². The first-order chi connectivity index (χ1) is 13.1. The predicted octanol–water partition coefficient (Wildman–Crippen LogP) is 3.18. The number of sulfonamides is 1. The van der Waals surface area contributed by atoms with Crippen molar-refractivity contribution >= 4 is 10.0 Å². The standard InChI is InChI=1S/C18H20F3N3O3S/c1-13-22-9-8-17(23-13)27-16-3-2-10-24(11-16)28(25,26)12-14-4-6-15(7-5-14)18(19,20)21/h4-9,16H,2-3,10-12H2,1H3. The average Bonchev–Trinajstić information content (AvgIpc) is 2.61. The van der Waals surface area contributed by atoms with Gasteiger partial charge in [-0.2, -0.15) is 22.5 Å². The number of hydrogen-bond donors (Lipinski definition) is 0. The zero-order valence-corrected chi connectivity index (χ0v) is 16.0. The Hall–Kier alpha value is -2.20. The van der Waals surface area contributed by atoms with Crippen LogP contribution in [0.1, 0.15) is 29.8 Å². The molecule has 0 spiro atoms. The minimum Gasteiger partial charge on any atom is -0.473 e. The number of rotatable bonds is 5. The van der Waals surface area contributed by atoms with Crippen molar-refractivity contribution in [1.82, 2.24) is 14.3 Å². The zero-order chi connectivity index (χ0) is 20.4. The third kappa shape index (κ3) is 5.20. The minimum absolute atomic E-state index is 0.173. The molecule has 6 nitrogen and oxygen atoms in total. The van der Waals surface area contributed by atoms with Crippen LogP contribution in [0.2, 0.25) is 0 Å². The van der Waals surface area contributed by atoms with Crippen LogP contribution < -0.4 is 4.74 Å². The number of aromatic nitrogens is 2. The van der Waals surface area contributed by atoms with E-state index in [1.807, 2.05) is 0 Å². The van der Waals surface area contributed by atoms with Crippen LogP contribution in [-0.2, 0) is 22.0 Å². The summed E-state index contributed by atoms with van der Waals surface area (Å²) in [6, 6.07) is 5.79. The third-order valence-corrected chi connectivity index (χ3v) is 6.22. The second-order valence-corrected chi connectivity index (χ2v) is 8.60. The fraction of sp³-hybridized carbons (Fsp3) is 0.444. The van der Waals surface area contributed by atoms with Gasteiger partial charge in [0.05, 0.1) is 17.9 Å². The van der Waals surface area contributed by atoms with Gasteiger partial charge in [0.1, 0.15) is 11.9 Å². The van der Waals surface area contributed by atoms with Crippen molar-refractivity contribution in [3.63, 3.8) is 0 Å². The molecule has 1 saturated heterocycles. The van der Waals surface area contributed by atoms with Crippen LogP contribution >= 0.6 is 0 Å². The summed E-state index contributed by atoms with van der Waals surface area (Å²) in [7, 11) is -3.68. The van der Waals surface area contributed by atoms with Gasteiger partial charge in [-0.3, -0.25) is 0 Å². The summed E-state index contributed by atoms with van der Waals surface area (Å²) in [5, 5.41) is 0. The number of alkyl halides is 3. The van der Waals surface area contributed by atoms with E-state index < -0.39 is 21.8 Å². The van der Waals surface area contributed by atoms with E-state index in [9.17, 15) is 21.6 Å². The second kappa shape index (κ2) is 8.04. The van der Waals surface area contributed by atoms with E-state index in [-0.39, 0.29) is 18.4 Å². The minimum atomic E-state index is -4.45. The van der Waals surface area contributed by atoms with E-state index in [4.69, 9.17) is 4.74 Å². The van der Waals surface area contributed by atoms with Crippen LogP contribution in [0.5, 0.6) is 5.88 Å². The van der Waals surface area contributed by atoms with E-state index in [0.717, 1.165) is 12.1 Å². The van der Waals surface area contributed by atoms with Gasteiger partial charge >= 0.3 is 6.18 Å². The summed E-state index contributed by atoms with van der Waals surface area (Å²) in [6.07, 6.45) is -1.91. The first kappa shape index (κ1) is 20.5. The topological polar surface area (TPSA) is 72.4 Å². The molecule has 1 aromatic heterocycles. The van der Waals surface area contributed by atoms with E-state index in [1.165, 1.54) is 16.4 Å². The van der Waals surface area contributed by atoms with Crippen molar-refractivity contribution in [3.8, 4) is 5.88 Å². The Morgan fingerprint density at radius 1 is 1.21 bits per heavy atom. The summed E-state index contributed by atoms with van der Waals surface area (Å²) in [4.78, 5) is 8.14. The highest BCUT2D eigenvalue weighted by atomic mass is 32.2. The Kier molecular flexibility index (Phi) is 5.90. The van der Waals surface area contributed by atoms with Crippen LogP contribution in [0, 0.1) is 6.92 Å². The predicted molar refractivity (Wildman–Crippen MR) is 96.1 cm³/mol. The molecular weight excluding hydrogens is 395 g/mol. The van der Waals surface area contributed by atoms with Gasteiger partial charge < -0.3 is 4.74 Å². The van der Waals surface area contributed by atoms with Crippen LogP contribution in [0.4, 0.5) is 13.2 Å². The maximum Gasteiger partial charge on any atom is 0.416 e. The molecule has 0 amide bonds. The van der Waals surface area contributed by atoms with Crippen LogP contribution in [-0.4, -0.2) is 41.9 Å². The van der Waals surface area contributed by atoms with E-state index in [0.29, 0.717) is 36.7 Å². The van der Waals surface area contributed by atoms with Gasteiger partial charge in [0, 0.05) is 18.8 Å². The molecule has 28 heavy (non-hydrogen) atoms. The fourth-order valence-corrected chi connectivity index (χ4v) is 4.61. The van der Waals surface area contributed by atoms with Gasteiger partial charge in [-0.05, 0) is 37.5 Å². The highest BCUT2D eigenvalue weighted by Gasteiger charge is 2.32. The molecular formula is C18H20F3N3O3S. The lowest BCUT2D eigenvalue weighted by Crippen LogP contribution is -2.44. The van der Waals surface area contributed by atoms with Crippen molar-refractivity contribution in [2.24, 2.45) is 0 Å². The van der Waals surface area contributed by atoms with Crippen molar-refractivity contribution in [2.45, 2.75) is 37.8 Å². The van der Waals surface area contributed by atoms with E-state index in [2.05, 4.69) is 9.97 Å². The maximum atomic E-state index is 12.7. The number of benzene rings is 1. The SMILES string of the molecule is Cc1nccc(OC2CCCN(S(=O)(=O)Cc3ccc(C(F)(F)F)cc3)C2)n1. The molecule has 1 atom stereocenters. The summed E-state index contributed by atoms with van der Waals surface area (Å²) in [5.74, 6) is 0.587. The molecule has 0 aliphatic carbocycles. The second-order valence-electron chi connectivity index (χ2n) is 6.63. The smallest absolute Gasteiger partial charge is 0.416 e. The molecule has 0 saturated carbocycles. The lowest BCUT2D eigenvalue weighted by atomic mass is 10.1. The Balaban J connectivity index is 1.66. The highest BCUT2D eigenvalue weighted by Crippen LogP contribution is 2.29. The molecule has 1 aliphatic rings. The summed E-state index contributed by atoms with van der Waals surface area (Å²) in [6.45, 7) is 2.26. The number of ether oxygens (including phenoxy) is 1. The van der Waals surface area contributed by atoms with Crippen molar-refractivity contribution in [1.29, 1.82) is 0 Å². The van der Waals surface area contributed by atoms with Gasteiger partial charge in [-0.1, -0.05) is 12.1 Å². The number of hydrogen-bond acceptors (Lipinski definition) is 5. The molecule has 0 N–H and O–H groups in total. The molecule has 1 unspecified atom stereocenters. The Morgan fingerprint density at radius 2 is 1.93 bits per heavy atom. The molecule has 10 heteroatoms. The average molecular weight is 415 g/mol. The van der Waals surface area contributed by atoms with Crippen LogP contribution in [0.3, 0.4) is 0 Å². The monoisotopic (exact) mass is 415 g/mol. The molecule has 1 aromatic carbocycles.